The van der Waals surface area contributed by atoms with Gasteiger partial charge < -0.3 is 14.0 Å². The summed E-state index contributed by atoms with van der Waals surface area (Å²) in [6.07, 6.45) is 0. The highest BCUT2D eigenvalue weighted by Crippen LogP contribution is 2.30. The Labute approximate surface area is 162 Å². The topological polar surface area (TPSA) is 36.3 Å². The molecule has 0 amide bonds. The van der Waals surface area contributed by atoms with Gasteiger partial charge in [0.2, 0.25) is 0 Å². The van der Waals surface area contributed by atoms with E-state index < -0.39 is 0 Å². The van der Waals surface area contributed by atoms with Gasteiger partial charge in [-0.1, -0.05) is 41.9 Å². The fraction of sp³-hybridized carbons (Fsp3) is 0.136. The molecule has 1 aromatic heterocycles. The molecule has 0 aliphatic heterocycles. The van der Waals surface area contributed by atoms with Crippen LogP contribution in [0.1, 0.15) is 0 Å². The second-order valence-corrected chi connectivity index (χ2v) is 6.49. The number of methoxy groups -OCH3 is 1. The van der Waals surface area contributed by atoms with Gasteiger partial charge in [0.1, 0.15) is 23.9 Å². The van der Waals surface area contributed by atoms with Gasteiger partial charge in [-0.2, -0.15) is 0 Å². The Morgan fingerprint density at radius 1 is 0.926 bits per heavy atom. The summed E-state index contributed by atoms with van der Waals surface area (Å²) in [5, 5.41) is 0.683. The van der Waals surface area contributed by atoms with Crippen molar-refractivity contribution in [2.45, 2.75) is 6.54 Å². The van der Waals surface area contributed by atoms with Crippen molar-refractivity contribution in [3.05, 3.63) is 77.8 Å². The molecular formula is C22H19ClN2O2. The summed E-state index contributed by atoms with van der Waals surface area (Å²) in [6, 6.07) is 23.4. The summed E-state index contributed by atoms with van der Waals surface area (Å²) < 4.78 is 13.3. The van der Waals surface area contributed by atoms with Crippen molar-refractivity contribution in [3.63, 3.8) is 0 Å². The number of ether oxygens (including phenoxy) is 2. The molecule has 0 saturated heterocycles. The third kappa shape index (κ3) is 3.62. The van der Waals surface area contributed by atoms with Gasteiger partial charge in [0, 0.05) is 11.6 Å². The average Bonchev–Trinajstić information content (AvgIpc) is 3.07. The maximum atomic E-state index is 6.42. The molecule has 0 N–H and O–H groups in total. The van der Waals surface area contributed by atoms with Crippen LogP contribution in [0.15, 0.2) is 72.8 Å². The second-order valence-electron chi connectivity index (χ2n) is 6.08. The average molecular weight is 379 g/mol. The molecule has 5 heteroatoms. The molecule has 0 aliphatic rings. The van der Waals surface area contributed by atoms with Crippen LogP contribution in [0.3, 0.4) is 0 Å². The summed E-state index contributed by atoms with van der Waals surface area (Å²) in [5.74, 6) is 2.39. The number of fused-ring (bicyclic) bond motifs is 1. The molecule has 0 unspecified atom stereocenters. The lowest BCUT2D eigenvalue weighted by Crippen LogP contribution is -2.09. The molecule has 0 bridgehead atoms. The Morgan fingerprint density at radius 3 is 2.56 bits per heavy atom. The Bertz CT molecular complexity index is 1070. The van der Waals surface area contributed by atoms with Crippen LogP contribution in [0.4, 0.5) is 0 Å². The monoisotopic (exact) mass is 378 g/mol. The number of imidazole rings is 1. The molecular weight excluding hydrogens is 360 g/mol. The molecule has 0 fully saturated rings. The van der Waals surface area contributed by atoms with E-state index in [1.807, 2.05) is 66.7 Å². The molecule has 4 aromatic rings. The molecule has 0 aliphatic carbocycles. The highest BCUT2D eigenvalue weighted by molar-refractivity contribution is 6.33. The molecule has 27 heavy (non-hydrogen) atoms. The summed E-state index contributed by atoms with van der Waals surface area (Å²) in [5.41, 5.74) is 2.91. The standard InChI is InChI=1S/C22H19ClN2O2/c1-26-16-7-6-8-17(15-16)27-14-13-25-21-12-5-4-11-20(21)24-22(25)18-9-2-3-10-19(18)23/h2-12,15H,13-14H2,1H3. The van der Waals surface area contributed by atoms with Crippen LogP contribution in [-0.4, -0.2) is 23.3 Å². The first-order valence-corrected chi connectivity index (χ1v) is 9.11. The minimum Gasteiger partial charge on any atom is -0.497 e. The quantitative estimate of drug-likeness (QED) is 0.448. The van der Waals surface area contributed by atoms with E-state index in [0.29, 0.717) is 18.2 Å². The van der Waals surface area contributed by atoms with Gasteiger partial charge in [-0.3, -0.25) is 0 Å². The number of rotatable bonds is 6. The second kappa shape index (κ2) is 7.72. The van der Waals surface area contributed by atoms with Crippen molar-refractivity contribution in [3.8, 4) is 22.9 Å². The zero-order valence-electron chi connectivity index (χ0n) is 14.9. The van der Waals surface area contributed by atoms with Crippen LogP contribution < -0.4 is 9.47 Å². The van der Waals surface area contributed by atoms with Crippen LogP contribution in [0.2, 0.25) is 5.02 Å². The molecule has 1 heterocycles. The number of aromatic nitrogens is 2. The maximum absolute atomic E-state index is 6.42. The van der Waals surface area contributed by atoms with E-state index in [1.54, 1.807) is 7.11 Å². The number of para-hydroxylation sites is 2. The predicted octanol–water partition coefficient (Wildman–Crippen LogP) is 5.44. The zero-order chi connectivity index (χ0) is 18.6. The summed E-state index contributed by atoms with van der Waals surface area (Å²) in [6.45, 7) is 1.16. The van der Waals surface area contributed by atoms with Crippen LogP contribution in [0, 0.1) is 0 Å². The van der Waals surface area contributed by atoms with Crippen molar-refractivity contribution in [2.24, 2.45) is 0 Å². The largest absolute Gasteiger partial charge is 0.497 e. The van der Waals surface area contributed by atoms with Crippen LogP contribution in [0.25, 0.3) is 22.4 Å². The Morgan fingerprint density at radius 2 is 1.70 bits per heavy atom. The van der Waals surface area contributed by atoms with Gasteiger partial charge in [-0.25, -0.2) is 4.98 Å². The number of halogens is 1. The van der Waals surface area contributed by atoms with E-state index in [1.165, 1.54) is 0 Å². The summed E-state index contributed by atoms with van der Waals surface area (Å²) in [7, 11) is 1.65. The van der Waals surface area contributed by atoms with Crippen molar-refractivity contribution in [2.75, 3.05) is 13.7 Å². The van der Waals surface area contributed by atoms with Gasteiger partial charge in [-0.05, 0) is 36.4 Å². The van der Waals surface area contributed by atoms with Crippen LogP contribution >= 0.6 is 11.6 Å². The predicted molar refractivity (Wildman–Crippen MR) is 109 cm³/mol. The Balaban J connectivity index is 1.64. The van der Waals surface area contributed by atoms with Crippen LogP contribution in [-0.2, 0) is 6.54 Å². The first-order valence-electron chi connectivity index (χ1n) is 8.73. The minimum atomic E-state index is 0.505. The van der Waals surface area contributed by atoms with Gasteiger partial charge in [0.05, 0.1) is 29.7 Å². The molecule has 3 aromatic carbocycles. The third-order valence-electron chi connectivity index (χ3n) is 4.39. The van der Waals surface area contributed by atoms with E-state index >= 15 is 0 Å². The SMILES string of the molecule is COc1cccc(OCCn2c(-c3ccccc3Cl)nc3ccccc32)c1. The number of hydrogen-bond donors (Lipinski definition) is 0. The van der Waals surface area contributed by atoms with Gasteiger partial charge in [0.15, 0.2) is 0 Å². The molecule has 0 radical (unpaired) electrons. The van der Waals surface area contributed by atoms with Gasteiger partial charge >= 0.3 is 0 Å². The van der Waals surface area contributed by atoms with Gasteiger partial charge in [-0.15, -0.1) is 0 Å². The Kier molecular flexibility index (Phi) is 4.99. The molecule has 0 atom stereocenters. The van der Waals surface area contributed by atoms with Crippen molar-refractivity contribution in [1.82, 2.24) is 9.55 Å². The van der Waals surface area contributed by atoms with Crippen LogP contribution in [0.5, 0.6) is 11.5 Å². The Hall–Kier alpha value is -2.98. The highest BCUT2D eigenvalue weighted by atomic mass is 35.5. The number of benzene rings is 3. The smallest absolute Gasteiger partial charge is 0.142 e. The zero-order valence-corrected chi connectivity index (χ0v) is 15.7. The van der Waals surface area contributed by atoms with E-state index in [9.17, 15) is 0 Å². The lowest BCUT2D eigenvalue weighted by atomic mass is 10.2. The highest BCUT2D eigenvalue weighted by Gasteiger charge is 2.14. The first-order chi connectivity index (χ1) is 13.3. The molecule has 0 spiro atoms. The summed E-state index contributed by atoms with van der Waals surface area (Å²) in [4.78, 5) is 4.80. The van der Waals surface area contributed by atoms with E-state index in [-0.39, 0.29) is 0 Å². The number of nitrogens with zero attached hydrogens (tertiary/aromatic N) is 2. The lowest BCUT2D eigenvalue weighted by molar-refractivity contribution is 0.298. The van der Waals surface area contributed by atoms with E-state index in [4.69, 9.17) is 26.1 Å². The molecule has 136 valence electrons. The maximum Gasteiger partial charge on any atom is 0.142 e. The normalized spacial score (nSPS) is 10.9. The van der Waals surface area contributed by atoms with E-state index in [0.717, 1.165) is 33.9 Å². The molecule has 4 nitrogen and oxygen atoms in total. The van der Waals surface area contributed by atoms with Crippen molar-refractivity contribution in [1.29, 1.82) is 0 Å². The lowest BCUT2D eigenvalue weighted by Gasteiger charge is -2.12. The van der Waals surface area contributed by atoms with Gasteiger partial charge in [0.25, 0.3) is 0 Å². The van der Waals surface area contributed by atoms with Crippen molar-refractivity contribution < 1.29 is 9.47 Å². The molecule has 0 saturated carbocycles. The fourth-order valence-electron chi connectivity index (χ4n) is 3.10. The summed E-state index contributed by atoms with van der Waals surface area (Å²) >= 11 is 6.42. The molecule has 4 rings (SSSR count). The fourth-order valence-corrected chi connectivity index (χ4v) is 3.32. The van der Waals surface area contributed by atoms with E-state index in [2.05, 4.69) is 10.6 Å². The first kappa shape index (κ1) is 17.4. The van der Waals surface area contributed by atoms with Crippen molar-refractivity contribution >= 4 is 22.6 Å². The third-order valence-corrected chi connectivity index (χ3v) is 4.72. The minimum absolute atomic E-state index is 0.505. The number of hydrogen-bond acceptors (Lipinski definition) is 3.